The highest BCUT2D eigenvalue weighted by molar-refractivity contribution is 5.98. The number of rotatable bonds is 6. The smallest absolute Gasteiger partial charge is 0.349 e. The van der Waals surface area contributed by atoms with Gasteiger partial charge in [-0.05, 0) is 36.6 Å². The molecule has 0 aromatic heterocycles. The van der Waals surface area contributed by atoms with Crippen LogP contribution in [0, 0.1) is 11.3 Å². The lowest BCUT2D eigenvalue weighted by Gasteiger charge is -2.11. The van der Waals surface area contributed by atoms with Crippen LogP contribution in [0.15, 0.2) is 29.8 Å². The molecule has 1 aromatic carbocycles. The number of carbonyl (C=O) groups is 2. The average molecular weight is 328 g/mol. The molecule has 6 heteroatoms. The molecule has 1 aromatic rings. The SMILES string of the molecule is COc1ccc(/C=C(\C#N)C(=O)OCC(=O)NC2CCCC2)cc1. The maximum Gasteiger partial charge on any atom is 0.349 e. The van der Waals surface area contributed by atoms with E-state index in [9.17, 15) is 9.59 Å². The summed E-state index contributed by atoms with van der Waals surface area (Å²) in [4.78, 5) is 23.7. The van der Waals surface area contributed by atoms with E-state index in [1.54, 1.807) is 37.4 Å². The van der Waals surface area contributed by atoms with E-state index in [1.807, 2.05) is 0 Å². The second kappa shape index (κ2) is 8.73. The predicted molar refractivity (Wildman–Crippen MR) is 87.9 cm³/mol. The van der Waals surface area contributed by atoms with Crippen molar-refractivity contribution in [2.45, 2.75) is 31.7 Å². The third-order valence-corrected chi connectivity index (χ3v) is 3.82. The third kappa shape index (κ3) is 5.13. The summed E-state index contributed by atoms with van der Waals surface area (Å²) in [5.74, 6) is -0.469. The molecule has 1 amide bonds. The molecule has 2 rings (SSSR count). The summed E-state index contributed by atoms with van der Waals surface area (Å²) in [6.07, 6.45) is 5.54. The monoisotopic (exact) mass is 328 g/mol. The molecule has 0 heterocycles. The molecule has 6 nitrogen and oxygen atoms in total. The minimum Gasteiger partial charge on any atom is -0.497 e. The third-order valence-electron chi connectivity index (χ3n) is 3.82. The summed E-state index contributed by atoms with van der Waals surface area (Å²) in [6, 6.07) is 8.85. The molecule has 1 fully saturated rings. The van der Waals surface area contributed by atoms with Crippen LogP contribution in [0.25, 0.3) is 6.08 Å². The van der Waals surface area contributed by atoms with E-state index in [0.717, 1.165) is 25.7 Å². The first-order valence-electron chi connectivity index (χ1n) is 7.84. The Kier molecular flexibility index (Phi) is 6.38. The maximum absolute atomic E-state index is 11.9. The molecule has 1 saturated carbocycles. The number of nitriles is 1. The van der Waals surface area contributed by atoms with Crippen molar-refractivity contribution < 1.29 is 19.1 Å². The molecule has 0 radical (unpaired) electrons. The van der Waals surface area contributed by atoms with Gasteiger partial charge in [-0.25, -0.2) is 4.79 Å². The van der Waals surface area contributed by atoms with Crippen LogP contribution in [0.4, 0.5) is 0 Å². The van der Waals surface area contributed by atoms with Gasteiger partial charge in [0.25, 0.3) is 5.91 Å². The summed E-state index contributed by atoms with van der Waals surface area (Å²) in [6.45, 7) is -0.378. The minimum absolute atomic E-state index is 0.158. The first-order chi connectivity index (χ1) is 11.6. The van der Waals surface area contributed by atoms with Crippen molar-refractivity contribution >= 4 is 18.0 Å². The van der Waals surface area contributed by atoms with Crippen molar-refractivity contribution in [3.05, 3.63) is 35.4 Å². The lowest BCUT2D eigenvalue weighted by molar-refractivity contribution is -0.144. The first kappa shape index (κ1) is 17.5. The second-order valence-corrected chi connectivity index (χ2v) is 5.57. The van der Waals surface area contributed by atoms with Gasteiger partial charge < -0.3 is 14.8 Å². The van der Waals surface area contributed by atoms with E-state index in [-0.39, 0.29) is 24.1 Å². The summed E-state index contributed by atoms with van der Waals surface area (Å²) in [7, 11) is 1.56. The Morgan fingerprint density at radius 2 is 1.96 bits per heavy atom. The van der Waals surface area contributed by atoms with Gasteiger partial charge in [-0.2, -0.15) is 5.26 Å². The van der Waals surface area contributed by atoms with Crippen molar-refractivity contribution in [1.82, 2.24) is 5.32 Å². The Morgan fingerprint density at radius 3 is 2.54 bits per heavy atom. The van der Waals surface area contributed by atoms with Crippen LogP contribution in [0.2, 0.25) is 0 Å². The summed E-state index contributed by atoms with van der Waals surface area (Å²) in [5.41, 5.74) is 0.508. The summed E-state index contributed by atoms with van der Waals surface area (Å²) < 4.78 is 9.96. The zero-order valence-corrected chi connectivity index (χ0v) is 13.6. The Hall–Kier alpha value is -2.81. The highest BCUT2D eigenvalue weighted by Crippen LogP contribution is 2.17. The molecule has 0 atom stereocenters. The zero-order chi connectivity index (χ0) is 17.4. The standard InChI is InChI=1S/C18H20N2O4/c1-23-16-8-6-13(7-9-16)10-14(11-19)18(22)24-12-17(21)20-15-4-2-3-5-15/h6-10,15H,2-5,12H2,1H3,(H,20,21)/b14-10+. The molecular weight excluding hydrogens is 308 g/mol. The maximum atomic E-state index is 11.9. The summed E-state index contributed by atoms with van der Waals surface area (Å²) in [5, 5.41) is 11.9. The van der Waals surface area contributed by atoms with Gasteiger partial charge in [0, 0.05) is 6.04 Å². The number of benzene rings is 1. The average Bonchev–Trinajstić information content (AvgIpc) is 3.11. The van der Waals surface area contributed by atoms with Gasteiger partial charge in [0.1, 0.15) is 17.4 Å². The van der Waals surface area contributed by atoms with Crippen LogP contribution in [0.1, 0.15) is 31.2 Å². The van der Waals surface area contributed by atoms with Gasteiger partial charge in [0.2, 0.25) is 0 Å². The topological polar surface area (TPSA) is 88.4 Å². The molecule has 0 spiro atoms. The quantitative estimate of drug-likeness (QED) is 0.491. The van der Waals surface area contributed by atoms with Gasteiger partial charge in [0.15, 0.2) is 6.61 Å². The van der Waals surface area contributed by atoms with Crippen LogP contribution in [0.5, 0.6) is 5.75 Å². The van der Waals surface area contributed by atoms with E-state index in [4.69, 9.17) is 14.7 Å². The Morgan fingerprint density at radius 1 is 1.29 bits per heavy atom. The fraction of sp³-hybridized carbons (Fsp3) is 0.389. The van der Waals surface area contributed by atoms with Gasteiger partial charge in [-0.3, -0.25) is 4.79 Å². The van der Waals surface area contributed by atoms with Gasteiger partial charge in [0.05, 0.1) is 7.11 Å². The number of ether oxygens (including phenoxy) is 2. The highest BCUT2D eigenvalue weighted by atomic mass is 16.5. The Bertz CT molecular complexity index is 653. The van der Waals surface area contributed by atoms with Gasteiger partial charge in [-0.1, -0.05) is 25.0 Å². The van der Waals surface area contributed by atoms with Crippen LogP contribution in [0.3, 0.4) is 0 Å². The van der Waals surface area contributed by atoms with Crippen LogP contribution in [-0.4, -0.2) is 31.6 Å². The van der Waals surface area contributed by atoms with E-state index in [2.05, 4.69) is 5.32 Å². The first-order valence-corrected chi connectivity index (χ1v) is 7.84. The number of carbonyl (C=O) groups excluding carboxylic acids is 2. The van der Waals surface area contributed by atoms with Crippen LogP contribution in [-0.2, 0) is 14.3 Å². The molecule has 1 N–H and O–H groups in total. The summed E-state index contributed by atoms with van der Waals surface area (Å²) >= 11 is 0. The lowest BCUT2D eigenvalue weighted by Crippen LogP contribution is -2.36. The van der Waals surface area contributed by atoms with Crippen molar-refractivity contribution in [3.63, 3.8) is 0 Å². The van der Waals surface area contributed by atoms with E-state index in [0.29, 0.717) is 11.3 Å². The van der Waals surface area contributed by atoms with Crippen molar-refractivity contribution in [1.29, 1.82) is 5.26 Å². The fourth-order valence-corrected chi connectivity index (χ4v) is 2.55. The van der Waals surface area contributed by atoms with Crippen molar-refractivity contribution in [3.8, 4) is 11.8 Å². The number of nitrogens with one attached hydrogen (secondary N) is 1. The van der Waals surface area contributed by atoms with Crippen molar-refractivity contribution in [2.75, 3.05) is 13.7 Å². The predicted octanol–water partition coefficient (Wildman–Crippen LogP) is 2.20. The molecule has 126 valence electrons. The number of hydrogen-bond donors (Lipinski definition) is 1. The van der Waals surface area contributed by atoms with Crippen LogP contribution < -0.4 is 10.1 Å². The molecule has 0 saturated heterocycles. The minimum atomic E-state index is -0.810. The van der Waals surface area contributed by atoms with Crippen LogP contribution >= 0.6 is 0 Å². The van der Waals surface area contributed by atoms with E-state index < -0.39 is 5.97 Å². The largest absolute Gasteiger partial charge is 0.497 e. The molecule has 1 aliphatic carbocycles. The van der Waals surface area contributed by atoms with E-state index >= 15 is 0 Å². The van der Waals surface area contributed by atoms with Gasteiger partial charge >= 0.3 is 5.97 Å². The number of amides is 1. The fourth-order valence-electron chi connectivity index (χ4n) is 2.55. The molecule has 1 aliphatic rings. The lowest BCUT2D eigenvalue weighted by atomic mass is 10.1. The molecule has 0 unspecified atom stereocenters. The molecule has 0 aliphatic heterocycles. The Balaban J connectivity index is 1.89. The number of hydrogen-bond acceptors (Lipinski definition) is 5. The van der Waals surface area contributed by atoms with E-state index in [1.165, 1.54) is 6.08 Å². The number of methoxy groups -OCH3 is 1. The normalized spacial score (nSPS) is 14.8. The zero-order valence-electron chi connectivity index (χ0n) is 13.6. The van der Waals surface area contributed by atoms with Crippen molar-refractivity contribution in [2.24, 2.45) is 0 Å². The molecular formula is C18H20N2O4. The Labute approximate surface area is 141 Å². The number of esters is 1. The molecule has 0 bridgehead atoms. The second-order valence-electron chi connectivity index (χ2n) is 5.57. The van der Waals surface area contributed by atoms with Gasteiger partial charge in [-0.15, -0.1) is 0 Å². The molecule has 24 heavy (non-hydrogen) atoms. The number of nitrogens with zero attached hydrogens (tertiary/aromatic N) is 1. The highest BCUT2D eigenvalue weighted by Gasteiger charge is 2.18.